The summed E-state index contributed by atoms with van der Waals surface area (Å²) in [4.78, 5) is 11.4. The van der Waals surface area contributed by atoms with Crippen LogP contribution in [0.5, 0.6) is 23.0 Å². The van der Waals surface area contributed by atoms with E-state index in [-0.39, 0.29) is 22.8 Å². The third-order valence-corrected chi connectivity index (χ3v) is 2.96. The Kier molecular flexibility index (Phi) is 6.14. The second-order valence-corrected chi connectivity index (χ2v) is 4.86. The first-order valence-electron chi connectivity index (χ1n) is 6.65. The molecular formula is C15H22O6. The van der Waals surface area contributed by atoms with E-state index in [1.54, 1.807) is 0 Å². The predicted octanol–water partition coefficient (Wildman–Crippen LogP) is 2.84. The van der Waals surface area contributed by atoms with Crippen LogP contribution in [0.4, 0.5) is 0 Å². The third kappa shape index (κ3) is 3.93. The number of carboxylic acid groups (broad SMARTS) is 1. The van der Waals surface area contributed by atoms with Gasteiger partial charge in [0.15, 0.2) is 11.5 Å². The zero-order valence-corrected chi connectivity index (χ0v) is 13.1. The van der Waals surface area contributed by atoms with Gasteiger partial charge in [-0.05, 0) is 12.3 Å². The molecule has 0 aliphatic heterocycles. The highest BCUT2D eigenvalue weighted by molar-refractivity contribution is 5.93. The van der Waals surface area contributed by atoms with Crippen molar-refractivity contribution in [2.24, 2.45) is 5.92 Å². The van der Waals surface area contributed by atoms with Gasteiger partial charge in [-0.15, -0.1) is 0 Å². The normalized spacial score (nSPS) is 10.4. The summed E-state index contributed by atoms with van der Waals surface area (Å²) in [6.07, 6.45) is 0.802. The summed E-state index contributed by atoms with van der Waals surface area (Å²) in [5.41, 5.74) is -0.0201. The summed E-state index contributed by atoms with van der Waals surface area (Å²) >= 11 is 0. The van der Waals surface area contributed by atoms with E-state index in [0.717, 1.165) is 6.42 Å². The maximum Gasteiger partial charge on any atom is 0.339 e. The molecule has 0 fully saturated rings. The lowest BCUT2D eigenvalue weighted by Gasteiger charge is -2.18. The van der Waals surface area contributed by atoms with Gasteiger partial charge in [-0.3, -0.25) is 0 Å². The van der Waals surface area contributed by atoms with Crippen LogP contribution in [0.2, 0.25) is 0 Å². The fourth-order valence-corrected chi connectivity index (χ4v) is 1.83. The molecule has 118 valence electrons. The topological polar surface area (TPSA) is 74.2 Å². The molecule has 0 saturated carbocycles. The van der Waals surface area contributed by atoms with Gasteiger partial charge in [0.25, 0.3) is 0 Å². The predicted molar refractivity (Wildman–Crippen MR) is 78.0 cm³/mol. The summed E-state index contributed by atoms with van der Waals surface area (Å²) in [6.45, 7) is 4.52. The molecule has 0 unspecified atom stereocenters. The minimum atomic E-state index is -1.12. The minimum Gasteiger partial charge on any atom is -0.493 e. The largest absolute Gasteiger partial charge is 0.493 e. The van der Waals surface area contributed by atoms with Gasteiger partial charge >= 0.3 is 5.97 Å². The van der Waals surface area contributed by atoms with Crippen molar-refractivity contribution in [2.45, 2.75) is 20.3 Å². The molecule has 1 aromatic carbocycles. The molecule has 0 bridgehead atoms. The number of ether oxygens (including phenoxy) is 4. The van der Waals surface area contributed by atoms with Crippen molar-refractivity contribution in [3.8, 4) is 23.0 Å². The van der Waals surface area contributed by atoms with Gasteiger partial charge in [-0.2, -0.15) is 0 Å². The number of hydrogen-bond donors (Lipinski definition) is 1. The van der Waals surface area contributed by atoms with E-state index in [9.17, 15) is 9.90 Å². The second-order valence-electron chi connectivity index (χ2n) is 4.86. The third-order valence-electron chi connectivity index (χ3n) is 2.96. The maximum atomic E-state index is 11.4. The molecule has 1 aromatic rings. The first-order valence-corrected chi connectivity index (χ1v) is 6.65. The summed E-state index contributed by atoms with van der Waals surface area (Å²) in [5, 5.41) is 9.35. The van der Waals surface area contributed by atoms with E-state index < -0.39 is 5.97 Å². The highest BCUT2D eigenvalue weighted by Gasteiger charge is 2.25. The van der Waals surface area contributed by atoms with Crippen LogP contribution in [-0.2, 0) is 0 Å². The van der Waals surface area contributed by atoms with Crippen molar-refractivity contribution in [2.75, 3.05) is 27.9 Å². The van der Waals surface area contributed by atoms with Crippen LogP contribution >= 0.6 is 0 Å². The molecule has 0 amide bonds. The molecule has 0 radical (unpaired) electrons. The molecule has 0 atom stereocenters. The zero-order chi connectivity index (χ0) is 16.0. The Morgan fingerprint density at radius 2 is 1.71 bits per heavy atom. The SMILES string of the molecule is COc1cc(C(=O)O)c(OCCC(C)C)c(OC)c1OC. The number of aromatic carboxylic acids is 1. The lowest BCUT2D eigenvalue weighted by atomic mass is 10.1. The van der Waals surface area contributed by atoms with Gasteiger partial charge in [0.2, 0.25) is 11.5 Å². The first kappa shape index (κ1) is 16.9. The minimum absolute atomic E-state index is 0.0201. The standard InChI is InChI=1S/C15H22O6/c1-9(2)6-7-21-12-10(15(16)17)8-11(18-3)13(19-4)14(12)20-5/h8-9H,6-7H2,1-5H3,(H,16,17). The number of methoxy groups -OCH3 is 3. The molecule has 6 heteroatoms. The van der Waals surface area contributed by atoms with Crippen molar-refractivity contribution >= 4 is 5.97 Å². The van der Waals surface area contributed by atoms with E-state index in [1.807, 2.05) is 0 Å². The van der Waals surface area contributed by atoms with E-state index in [0.29, 0.717) is 18.3 Å². The second kappa shape index (κ2) is 7.61. The van der Waals surface area contributed by atoms with Crippen LogP contribution in [0.25, 0.3) is 0 Å². The lowest BCUT2D eigenvalue weighted by molar-refractivity contribution is 0.0690. The van der Waals surface area contributed by atoms with E-state index in [4.69, 9.17) is 18.9 Å². The summed E-state index contributed by atoms with van der Waals surface area (Å²) in [7, 11) is 4.32. The molecule has 1 N–H and O–H groups in total. The van der Waals surface area contributed by atoms with Crippen LogP contribution < -0.4 is 18.9 Å². The average Bonchev–Trinajstić information content (AvgIpc) is 2.45. The Hall–Kier alpha value is -2.11. The summed E-state index contributed by atoms with van der Waals surface area (Å²) < 4.78 is 21.3. The van der Waals surface area contributed by atoms with Gasteiger partial charge in [0.05, 0.1) is 27.9 Å². The zero-order valence-electron chi connectivity index (χ0n) is 13.1. The highest BCUT2D eigenvalue weighted by Crippen LogP contribution is 2.46. The first-order chi connectivity index (χ1) is 9.96. The van der Waals surface area contributed by atoms with Crippen LogP contribution in [0.3, 0.4) is 0 Å². The number of hydrogen-bond acceptors (Lipinski definition) is 5. The fraction of sp³-hybridized carbons (Fsp3) is 0.533. The van der Waals surface area contributed by atoms with Crippen molar-refractivity contribution < 1.29 is 28.8 Å². The molecule has 1 rings (SSSR count). The van der Waals surface area contributed by atoms with Crippen molar-refractivity contribution in [1.82, 2.24) is 0 Å². The van der Waals surface area contributed by atoms with E-state index in [2.05, 4.69) is 13.8 Å². The molecular weight excluding hydrogens is 276 g/mol. The Labute approximate surface area is 124 Å². The molecule has 0 spiro atoms. The van der Waals surface area contributed by atoms with E-state index >= 15 is 0 Å². The van der Waals surface area contributed by atoms with Gasteiger partial charge in [0.1, 0.15) is 5.56 Å². The Morgan fingerprint density at radius 3 is 2.14 bits per heavy atom. The molecule has 6 nitrogen and oxygen atoms in total. The van der Waals surface area contributed by atoms with Crippen molar-refractivity contribution in [1.29, 1.82) is 0 Å². The van der Waals surface area contributed by atoms with Crippen molar-refractivity contribution in [3.63, 3.8) is 0 Å². The Balaban J connectivity index is 3.31. The van der Waals surface area contributed by atoms with Crippen LogP contribution in [0.15, 0.2) is 6.07 Å². The molecule has 0 aromatic heterocycles. The van der Waals surface area contributed by atoms with Gasteiger partial charge in [-0.1, -0.05) is 13.8 Å². The van der Waals surface area contributed by atoms with Gasteiger partial charge < -0.3 is 24.1 Å². The van der Waals surface area contributed by atoms with Crippen molar-refractivity contribution in [3.05, 3.63) is 11.6 Å². The van der Waals surface area contributed by atoms with Crippen LogP contribution in [-0.4, -0.2) is 39.0 Å². The number of benzene rings is 1. The monoisotopic (exact) mass is 298 g/mol. The highest BCUT2D eigenvalue weighted by atomic mass is 16.5. The van der Waals surface area contributed by atoms with E-state index in [1.165, 1.54) is 27.4 Å². The lowest BCUT2D eigenvalue weighted by Crippen LogP contribution is -2.09. The number of carboxylic acids is 1. The maximum absolute atomic E-state index is 11.4. The molecule has 0 aliphatic rings. The number of carbonyl (C=O) groups is 1. The van der Waals surface area contributed by atoms with Gasteiger partial charge in [-0.25, -0.2) is 4.79 Å². The summed E-state index contributed by atoms with van der Waals surface area (Å²) in [6, 6.07) is 1.37. The average molecular weight is 298 g/mol. The Morgan fingerprint density at radius 1 is 1.10 bits per heavy atom. The van der Waals surface area contributed by atoms with Crippen LogP contribution in [0, 0.1) is 5.92 Å². The molecule has 0 saturated heterocycles. The fourth-order valence-electron chi connectivity index (χ4n) is 1.83. The van der Waals surface area contributed by atoms with Gasteiger partial charge in [0, 0.05) is 6.07 Å². The summed E-state index contributed by atoms with van der Waals surface area (Å²) in [5.74, 6) is 0.298. The number of rotatable bonds is 8. The molecule has 0 aliphatic carbocycles. The quantitative estimate of drug-likeness (QED) is 0.795. The smallest absolute Gasteiger partial charge is 0.339 e. The molecule has 0 heterocycles. The molecule has 21 heavy (non-hydrogen) atoms. The van der Waals surface area contributed by atoms with Crippen LogP contribution in [0.1, 0.15) is 30.6 Å². The Bertz CT molecular complexity index is 495.